The molecule has 0 aliphatic heterocycles. The second-order valence-corrected chi connectivity index (χ2v) is 5.06. The number of benzene rings is 2. The lowest BCUT2D eigenvalue weighted by atomic mass is 10.1. The van der Waals surface area contributed by atoms with Gasteiger partial charge in [0.1, 0.15) is 24.0 Å². The summed E-state index contributed by atoms with van der Waals surface area (Å²) in [7, 11) is 0. The molecule has 0 N–H and O–H groups in total. The summed E-state index contributed by atoms with van der Waals surface area (Å²) in [6, 6.07) is 9.39. The average molecular weight is 338 g/mol. The van der Waals surface area contributed by atoms with Crippen LogP contribution in [0.4, 0.5) is 8.78 Å². The SMILES string of the molecule is Cc1ccc(C#N)cc1OCc1c(F)ccc(Br)c1F. The Morgan fingerprint density at radius 2 is 2.00 bits per heavy atom. The normalized spacial score (nSPS) is 10.2. The summed E-state index contributed by atoms with van der Waals surface area (Å²) in [6.45, 7) is 1.55. The second kappa shape index (κ2) is 6.02. The van der Waals surface area contributed by atoms with Gasteiger partial charge in [-0.15, -0.1) is 0 Å². The molecule has 0 fully saturated rings. The van der Waals surface area contributed by atoms with Gasteiger partial charge in [0, 0.05) is 0 Å². The third kappa shape index (κ3) is 2.97. The molecule has 0 radical (unpaired) electrons. The van der Waals surface area contributed by atoms with E-state index in [9.17, 15) is 8.78 Å². The number of nitrogens with zero attached hydrogens (tertiary/aromatic N) is 1. The summed E-state index contributed by atoms with van der Waals surface area (Å²) in [5, 5.41) is 8.83. The zero-order valence-electron chi connectivity index (χ0n) is 10.6. The topological polar surface area (TPSA) is 33.0 Å². The first kappa shape index (κ1) is 14.5. The standard InChI is InChI=1S/C15H10BrF2NO/c1-9-2-3-10(7-19)6-14(9)20-8-11-13(17)5-4-12(16)15(11)18/h2-6H,8H2,1H3. The molecule has 0 saturated carbocycles. The van der Waals surface area contributed by atoms with Crippen molar-refractivity contribution in [2.75, 3.05) is 0 Å². The highest BCUT2D eigenvalue weighted by atomic mass is 79.9. The predicted octanol–water partition coefficient (Wildman–Crippen LogP) is 4.49. The summed E-state index contributed by atoms with van der Waals surface area (Å²) < 4.78 is 33.0. The van der Waals surface area contributed by atoms with Crippen molar-refractivity contribution in [2.45, 2.75) is 13.5 Å². The van der Waals surface area contributed by atoms with Crippen LogP contribution in [-0.2, 0) is 6.61 Å². The molecule has 2 aromatic carbocycles. The van der Waals surface area contributed by atoms with Crippen molar-refractivity contribution in [3.63, 3.8) is 0 Å². The van der Waals surface area contributed by atoms with Crippen molar-refractivity contribution in [3.8, 4) is 11.8 Å². The molecule has 0 unspecified atom stereocenters. The van der Waals surface area contributed by atoms with Crippen LogP contribution < -0.4 is 4.74 Å². The van der Waals surface area contributed by atoms with E-state index in [1.165, 1.54) is 12.1 Å². The molecule has 20 heavy (non-hydrogen) atoms. The van der Waals surface area contributed by atoms with Crippen molar-refractivity contribution < 1.29 is 13.5 Å². The van der Waals surface area contributed by atoms with Crippen LogP contribution in [0.5, 0.6) is 5.75 Å². The van der Waals surface area contributed by atoms with Gasteiger partial charge in [-0.3, -0.25) is 0 Å². The van der Waals surface area contributed by atoms with E-state index in [-0.39, 0.29) is 16.6 Å². The Labute approximate surface area is 123 Å². The minimum absolute atomic E-state index is 0.152. The summed E-state index contributed by atoms with van der Waals surface area (Å²) in [5.41, 5.74) is 1.07. The number of hydrogen-bond donors (Lipinski definition) is 0. The lowest BCUT2D eigenvalue weighted by molar-refractivity contribution is 0.290. The lowest BCUT2D eigenvalue weighted by Crippen LogP contribution is -2.03. The number of rotatable bonds is 3. The largest absolute Gasteiger partial charge is 0.488 e. The fourth-order valence-corrected chi connectivity index (χ4v) is 2.05. The van der Waals surface area contributed by atoms with Gasteiger partial charge in [0.2, 0.25) is 0 Å². The van der Waals surface area contributed by atoms with Gasteiger partial charge in [-0.05, 0) is 52.7 Å². The summed E-state index contributed by atoms with van der Waals surface area (Å²) in [5.74, 6) is -0.915. The fourth-order valence-electron chi connectivity index (χ4n) is 1.68. The van der Waals surface area contributed by atoms with E-state index in [0.717, 1.165) is 5.56 Å². The third-order valence-corrected chi connectivity index (χ3v) is 3.44. The Morgan fingerprint density at radius 3 is 2.70 bits per heavy atom. The maximum absolute atomic E-state index is 13.8. The van der Waals surface area contributed by atoms with Gasteiger partial charge in [-0.1, -0.05) is 6.07 Å². The Morgan fingerprint density at radius 1 is 1.25 bits per heavy atom. The molecular weight excluding hydrogens is 328 g/mol. The van der Waals surface area contributed by atoms with Crippen molar-refractivity contribution in [3.05, 3.63) is 63.1 Å². The Hall–Kier alpha value is -1.93. The third-order valence-electron chi connectivity index (χ3n) is 2.83. The zero-order valence-corrected chi connectivity index (χ0v) is 12.2. The highest BCUT2D eigenvalue weighted by Crippen LogP contribution is 2.25. The Bertz CT molecular complexity index is 695. The smallest absolute Gasteiger partial charge is 0.146 e. The maximum atomic E-state index is 13.8. The number of aryl methyl sites for hydroxylation is 1. The molecule has 0 atom stereocenters. The molecule has 5 heteroatoms. The van der Waals surface area contributed by atoms with Crippen LogP contribution in [0.2, 0.25) is 0 Å². The second-order valence-electron chi connectivity index (χ2n) is 4.20. The minimum atomic E-state index is -0.681. The van der Waals surface area contributed by atoms with E-state index >= 15 is 0 Å². The molecule has 2 nitrogen and oxygen atoms in total. The molecule has 2 rings (SSSR count). The first-order chi connectivity index (χ1) is 9.52. The molecule has 0 bridgehead atoms. The van der Waals surface area contributed by atoms with E-state index in [1.54, 1.807) is 25.1 Å². The summed E-state index contributed by atoms with van der Waals surface area (Å²) in [4.78, 5) is 0. The summed E-state index contributed by atoms with van der Waals surface area (Å²) in [6.07, 6.45) is 0. The van der Waals surface area contributed by atoms with Crippen molar-refractivity contribution in [2.24, 2.45) is 0 Å². The van der Waals surface area contributed by atoms with Gasteiger partial charge in [0.15, 0.2) is 0 Å². The van der Waals surface area contributed by atoms with Crippen molar-refractivity contribution >= 4 is 15.9 Å². The van der Waals surface area contributed by atoms with Crippen molar-refractivity contribution in [1.29, 1.82) is 5.26 Å². The number of hydrogen-bond acceptors (Lipinski definition) is 2. The van der Waals surface area contributed by atoms with E-state index in [4.69, 9.17) is 10.00 Å². The van der Waals surface area contributed by atoms with E-state index in [0.29, 0.717) is 11.3 Å². The minimum Gasteiger partial charge on any atom is -0.488 e. The molecule has 0 amide bonds. The van der Waals surface area contributed by atoms with Gasteiger partial charge < -0.3 is 4.74 Å². The van der Waals surface area contributed by atoms with E-state index in [2.05, 4.69) is 15.9 Å². The molecule has 0 aliphatic rings. The molecule has 0 aromatic heterocycles. The fraction of sp³-hybridized carbons (Fsp3) is 0.133. The molecule has 0 saturated heterocycles. The van der Waals surface area contributed by atoms with Gasteiger partial charge in [-0.2, -0.15) is 5.26 Å². The summed E-state index contributed by atoms with van der Waals surface area (Å²) >= 11 is 3.00. The van der Waals surface area contributed by atoms with Crippen LogP contribution in [0, 0.1) is 29.9 Å². The lowest BCUT2D eigenvalue weighted by Gasteiger charge is -2.11. The molecule has 0 heterocycles. The van der Waals surface area contributed by atoms with Crippen LogP contribution in [0.25, 0.3) is 0 Å². The highest BCUT2D eigenvalue weighted by molar-refractivity contribution is 9.10. The van der Waals surface area contributed by atoms with Gasteiger partial charge in [0.25, 0.3) is 0 Å². The van der Waals surface area contributed by atoms with Gasteiger partial charge in [0.05, 0.1) is 21.7 Å². The van der Waals surface area contributed by atoms with Crippen LogP contribution in [0.15, 0.2) is 34.8 Å². The van der Waals surface area contributed by atoms with Crippen LogP contribution in [-0.4, -0.2) is 0 Å². The number of nitriles is 1. The van der Waals surface area contributed by atoms with Crippen LogP contribution in [0.3, 0.4) is 0 Å². The monoisotopic (exact) mass is 337 g/mol. The molecule has 0 aliphatic carbocycles. The first-order valence-corrected chi connectivity index (χ1v) is 6.58. The Kier molecular flexibility index (Phi) is 4.35. The van der Waals surface area contributed by atoms with E-state index in [1.807, 2.05) is 6.07 Å². The molecule has 0 spiro atoms. The number of ether oxygens (including phenoxy) is 1. The quantitative estimate of drug-likeness (QED) is 0.773. The molecular formula is C15H10BrF2NO. The Balaban J connectivity index is 2.26. The zero-order chi connectivity index (χ0) is 14.7. The van der Waals surface area contributed by atoms with Crippen LogP contribution >= 0.6 is 15.9 Å². The first-order valence-electron chi connectivity index (χ1n) is 5.79. The molecule has 2 aromatic rings. The predicted molar refractivity (Wildman–Crippen MR) is 74.3 cm³/mol. The average Bonchev–Trinajstić information content (AvgIpc) is 2.45. The van der Waals surface area contributed by atoms with Gasteiger partial charge in [-0.25, -0.2) is 8.78 Å². The number of halogens is 3. The maximum Gasteiger partial charge on any atom is 0.146 e. The highest BCUT2D eigenvalue weighted by Gasteiger charge is 2.13. The molecule has 102 valence electrons. The van der Waals surface area contributed by atoms with E-state index < -0.39 is 11.6 Å². The van der Waals surface area contributed by atoms with Gasteiger partial charge >= 0.3 is 0 Å². The van der Waals surface area contributed by atoms with Crippen molar-refractivity contribution in [1.82, 2.24) is 0 Å². The van der Waals surface area contributed by atoms with Crippen LogP contribution in [0.1, 0.15) is 16.7 Å².